The number of fused-ring (bicyclic) bond motifs is 1. The van der Waals surface area contributed by atoms with E-state index in [1.54, 1.807) is 13.8 Å². The molecule has 0 fully saturated rings. The van der Waals surface area contributed by atoms with Crippen LogP contribution in [0.1, 0.15) is 65.4 Å². The maximum absolute atomic E-state index is 12.8. The Morgan fingerprint density at radius 1 is 1.10 bits per heavy atom. The number of nitrogens with one attached hydrogen (secondary N) is 1. The van der Waals surface area contributed by atoms with Crippen LogP contribution < -0.4 is 5.32 Å². The molecule has 0 bridgehead atoms. The predicted molar refractivity (Wildman–Crippen MR) is 116 cm³/mol. The van der Waals surface area contributed by atoms with Gasteiger partial charge in [0.25, 0.3) is 0 Å². The molecule has 2 aromatic rings. The van der Waals surface area contributed by atoms with Crippen molar-refractivity contribution < 1.29 is 23.9 Å². The summed E-state index contributed by atoms with van der Waals surface area (Å²) in [7, 11) is 0. The van der Waals surface area contributed by atoms with Crippen molar-refractivity contribution in [3.05, 3.63) is 51.9 Å². The van der Waals surface area contributed by atoms with Gasteiger partial charge in [-0.15, -0.1) is 11.3 Å². The summed E-state index contributed by atoms with van der Waals surface area (Å²) in [6.07, 6.45) is 3.13. The maximum Gasteiger partial charge on any atom is 0.341 e. The van der Waals surface area contributed by atoms with Gasteiger partial charge in [0.15, 0.2) is 0 Å². The van der Waals surface area contributed by atoms with Crippen molar-refractivity contribution in [1.82, 2.24) is 0 Å². The molecule has 0 radical (unpaired) electrons. The van der Waals surface area contributed by atoms with Crippen molar-refractivity contribution in [2.24, 2.45) is 0 Å². The summed E-state index contributed by atoms with van der Waals surface area (Å²) < 4.78 is 10.5. The lowest BCUT2D eigenvalue weighted by Gasteiger charge is -2.22. The smallest absolute Gasteiger partial charge is 0.341 e. The van der Waals surface area contributed by atoms with Crippen LogP contribution in [-0.4, -0.2) is 31.1 Å². The Morgan fingerprint density at radius 3 is 2.53 bits per heavy atom. The Balaban J connectivity index is 1.85. The van der Waals surface area contributed by atoms with E-state index in [1.807, 2.05) is 30.3 Å². The molecule has 160 valence electrons. The Morgan fingerprint density at radius 2 is 1.83 bits per heavy atom. The van der Waals surface area contributed by atoms with E-state index in [2.05, 4.69) is 5.32 Å². The quantitative estimate of drug-likeness (QED) is 0.626. The lowest BCUT2D eigenvalue weighted by molar-refractivity contribution is -0.145. The van der Waals surface area contributed by atoms with E-state index < -0.39 is 11.9 Å². The molecule has 1 heterocycles. The first-order valence-corrected chi connectivity index (χ1v) is 11.2. The van der Waals surface area contributed by atoms with Crippen LogP contribution in [0.2, 0.25) is 0 Å². The van der Waals surface area contributed by atoms with E-state index in [-0.39, 0.29) is 25.1 Å². The summed E-state index contributed by atoms with van der Waals surface area (Å²) in [4.78, 5) is 38.8. The molecule has 1 amide bonds. The van der Waals surface area contributed by atoms with Crippen molar-refractivity contribution in [3.8, 4) is 0 Å². The van der Waals surface area contributed by atoms with Crippen LogP contribution in [0.25, 0.3) is 0 Å². The summed E-state index contributed by atoms with van der Waals surface area (Å²) in [6.45, 7) is 4.00. The highest BCUT2D eigenvalue weighted by molar-refractivity contribution is 7.17. The van der Waals surface area contributed by atoms with Gasteiger partial charge >= 0.3 is 11.9 Å². The van der Waals surface area contributed by atoms with Crippen LogP contribution >= 0.6 is 11.3 Å². The van der Waals surface area contributed by atoms with Crippen LogP contribution in [0.3, 0.4) is 0 Å². The molecule has 1 unspecified atom stereocenters. The van der Waals surface area contributed by atoms with Gasteiger partial charge in [-0.2, -0.15) is 0 Å². The molecule has 3 rings (SSSR count). The molecular weight excluding hydrogens is 402 g/mol. The Labute approximate surface area is 180 Å². The summed E-state index contributed by atoms with van der Waals surface area (Å²) in [6, 6.07) is 9.77. The zero-order chi connectivity index (χ0) is 21.5. The lowest BCUT2D eigenvalue weighted by atomic mass is 9.85. The first kappa shape index (κ1) is 22.0. The first-order chi connectivity index (χ1) is 14.5. The number of hydrogen-bond acceptors (Lipinski definition) is 6. The second-order valence-corrected chi connectivity index (χ2v) is 8.20. The van der Waals surface area contributed by atoms with Gasteiger partial charge in [-0.25, -0.2) is 4.79 Å². The highest BCUT2D eigenvalue weighted by Gasteiger charge is 2.36. The molecule has 6 nitrogen and oxygen atoms in total. The fourth-order valence-corrected chi connectivity index (χ4v) is 5.03. The van der Waals surface area contributed by atoms with Crippen LogP contribution in [0.15, 0.2) is 30.3 Å². The van der Waals surface area contributed by atoms with Gasteiger partial charge in [0, 0.05) is 11.3 Å². The van der Waals surface area contributed by atoms with Gasteiger partial charge in [0.05, 0.1) is 24.7 Å². The SMILES string of the molecule is CCOC(=O)c1c(NC(=O)CCc2ccccc2)sc2c1C(C(=O)OCC)CCC2. The predicted octanol–water partition coefficient (Wildman–Crippen LogP) is 4.48. The number of amides is 1. The molecule has 1 aliphatic rings. The number of ether oxygens (including phenoxy) is 2. The molecule has 1 N–H and O–H groups in total. The second kappa shape index (κ2) is 10.4. The summed E-state index contributed by atoms with van der Waals surface area (Å²) in [5.74, 6) is -1.51. The molecule has 1 aliphatic carbocycles. The topological polar surface area (TPSA) is 81.7 Å². The van der Waals surface area contributed by atoms with Crippen molar-refractivity contribution in [2.45, 2.75) is 51.9 Å². The van der Waals surface area contributed by atoms with E-state index in [0.29, 0.717) is 35.4 Å². The van der Waals surface area contributed by atoms with Gasteiger partial charge < -0.3 is 14.8 Å². The summed E-state index contributed by atoms with van der Waals surface area (Å²) >= 11 is 1.36. The largest absolute Gasteiger partial charge is 0.466 e. The van der Waals surface area contributed by atoms with E-state index in [1.165, 1.54) is 11.3 Å². The number of benzene rings is 1. The molecule has 0 saturated heterocycles. The third kappa shape index (κ3) is 5.08. The van der Waals surface area contributed by atoms with E-state index in [4.69, 9.17) is 9.47 Å². The van der Waals surface area contributed by atoms with Gasteiger partial charge in [-0.05, 0) is 50.7 Å². The number of carbonyl (C=O) groups excluding carboxylic acids is 3. The van der Waals surface area contributed by atoms with Crippen molar-refractivity contribution in [2.75, 3.05) is 18.5 Å². The number of anilines is 1. The third-order valence-corrected chi connectivity index (χ3v) is 6.24. The average molecular weight is 430 g/mol. The van der Waals surface area contributed by atoms with Crippen molar-refractivity contribution >= 4 is 34.2 Å². The van der Waals surface area contributed by atoms with Gasteiger partial charge in [0.2, 0.25) is 5.91 Å². The van der Waals surface area contributed by atoms with Gasteiger partial charge in [-0.1, -0.05) is 30.3 Å². The molecule has 0 spiro atoms. The van der Waals surface area contributed by atoms with Crippen LogP contribution in [0, 0.1) is 0 Å². The minimum Gasteiger partial charge on any atom is -0.466 e. The van der Waals surface area contributed by atoms with Crippen molar-refractivity contribution in [3.63, 3.8) is 0 Å². The fraction of sp³-hybridized carbons (Fsp3) is 0.435. The molecule has 1 atom stereocenters. The highest BCUT2D eigenvalue weighted by atomic mass is 32.1. The van der Waals surface area contributed by atoms with Crippen LogP contribution in [-0.2, 0) is 31.9 Å². The van der Waals surface area contributed by atoms with Crippen LogP contribution in [0.4, 0.5) is 5.00 Å². The lowest BCUT2D eigenvalue weighted by Crippen LogP contribution is -2.23. The van der Waals surface area contributed by atoms with E-state index in [0.717, 1.165) is 23.3 Å². The van der Waals surface area contributed by atoms with Crippen molar-refractivity contribution in [1.29, 1.82) is 0 Å². The number of hydrogen-bond donors (Lipinski definition) is 1. The minimum absolute atomic E-state index is 0.171. The van der Waals surface area contributed by atoms with E-state index >= 15 is 0 Å². The number of esters is 2. The highest BCUT2D eigenvalue weighted by Crippen LogP contribution is 2.44. The van der Waals surface area contributed by atoms with Gasteiger partial charge in [-0.3, -0.25) is 9.59 Å². The average Bonchev–Trinajstić information content (AvgIpc) is 3.11. The minimum atomic E-state index is -0.510. The van der Waals surface area contributed by atoms with Crippen LogP contribution in [0.5, 0.6) is 0 Å². The molecule has 0 aliphatic heterocycles. The molecule has 1 aromatic heterocycles. The molecule has 1 aromatic carbocycles. The molecule has 0 saturated carbocycles. The second-order valence-electron chi connectivity index (χ2n) is 7.09. The Kier molecular flexibility index (Phi) is 7.63. The standard InChI is InChI=1S/C23H27NO5S/c1-3-28-22(26)16-11-8-12-17-19(16)20(23(27)29-4-2)21(30-17)24-18(25)14-13-15-9-6-5-7-10-15/h5-7,9-10,16H,3-4,8,11-14H2,1-2H3,(H,24,25). The summed E-state index contributed by atoms with van der Waals surface area (Å²) in [5, 5.41) is 3.36. The monoisotopic (exact) mass is 429 g/mol. The van der Waals surface area contributed by atoms with E-state index in [9.17, 15) is 14.4 Å². The molecule has 30 heavy (non-hydrogen) atoms. The number of carbonyl (C=O) groups is 3. The Bertz CT molecular complexity index is 906. The van der Waals surface area contributed by atoms with Gasteiger partial charge in [0.1, 0.15) is 5.00 Å². The number of thiophene rings is 1. The summed E-state index contributed by atoms with van der Waals surface area (Å²) in [5.41, 5.74) is 2.05. The molecular formula is C23H27NO5S. The zero-order valence-corrected chi connectivity index (χ0v) is 18.2. The number of aryl methyl sites for hydroxylation is 2. The normalized spacial score (nSPS) is 15.2. The third-order valence-electron chi connectivity index (χ3n) is 5.05. The Hall–Kier alpha value is -2.67. The zero-order valence-electron chi connectivity index (χ0n) is 17.4. The number of rotatable bonds is 8. The molecule has 7 heteroatoms. The first-order valence-electron chi connectivity index (χ1n) is 10.4. The maximum atomic E-state index is 12.8. The fourth-order valence-electron chi connectivity index (χ4n) is 3.72.